The highest BCUT2D eigenvalue weighted by Crippen LogP contribution is 2.37. The summed E-state index contributed by atoms with van der Waals surface area (Å²) in [6.07, 6.45) is 3.17. The number of hydrogen-bond acceptors (Lipinski definition) is 6. The smallest absolute Gasteiger partial charge is 0.309 e. The molecule has 7 nitrogen and oxygen atoms in total. The number of aliphatic carboxylic acids is 1. The molecule has 33 heavy (non-hydrogen) atoms. The van der Waals surface area contributed by atoms with E-state index in [1.165, 1.54) is 12.1 Å². The zero-order valence-electron chi connectivity index (χ0n) is 19.0. The number of rotatable bonds is 12. The summed E-state index contributed by atoms with van der Waals surface area (Å²) in [7, 11) is -3.88. The number of unbranched alkanes of at least 4 members (excludes halogenated alkanes) is 1. The molecule has 0 bridgehead atoms. The summed E-state index contributed by atoms with van der Waals surface area (Å²) in [5.41, 5.74) is -2.14. The number of ether oxygens (including phenoxy) is 2. The van der Waals surface area contributed by atoms with Crippen molar-refractivity contribution in [3.63, 3.8) is 0 Å². The van der Waals surface area contributed by atoms with Crippen LogP contribution in [0.1, 0.15) is 45.4 Å². The molecule has 0 saturated carbocycles. The van der Waals surface area contributed by atoms with Gasteiger partial charge in [0.1, 0.15) is 11.5 Å². The van der Waals surface area contributed by atoms with Crippen LogP contribution in [0, 0.1) is 5.41 Å². The van der Waals surface area contributed by atoms with E-state index in [0.717, 1.165) is 12.8 Å². The monoisotopic (exact) mass is 475 g/mol. The minimum absolute atomic E-state index is 0.0816. The number of nitrogens with one attached hydrogen (secondary N) is 1. The minimum atomic E-state index is -3.88. The largest absolute Gasteiger partial charge is 0.494 e. The second kappa shape index (κ2) is 11.5. The van der Waals surface area contributed by atoms with Gasteiger partial charge in [-0.05, 0) is 75.2 Å². The third kappa shape index (κ3) is 6.48. The molecule has 3 rings (SSSR count). The fourth-order valence-corrected chi connectivity index (χ4v) is 5.50. The van der Waals surface area contributed by atoms with Crippen LogP contribution in [0.4, 0.5) is 0 Å². The first kappa shape index (κ1) is 25.1. The molecule has 0 spiro atoms. The van der Waals surface area contributed by atoms with Crippen LogP contribution >= 0.6 is 0 Å². The Morgan fingerprint density at radius 2 is 1.73 bits per heavy atom. The van der Waals surface area contributed by atoms with Gasteiger partial charge in [-0.2, -0.15) is 0 Å². The summed E-state index contributed by atoms with van der Waals surface area (Å²) in [4.78, 5) is 12.2. The molecule has 1 unspecified atom stereocenters. The Balaban J connectivity index is 1.82. The first-order chi connectivity index (χ1) is 15.9. The van der Waals surface area contributed by atoms with Gasteiger partial charge in [0.05, 0.1) is 16.9 Å². The Labute approximate surface area is 196 Å². The summed E-state index contributed by atoms with van der Waals surface area (Å²) >= 11 is 0. The van der Waals surface area contributed by atoms with Crippen molar-refractivity contribution in [1.82, 2.24) is 5.32 Å². The van der Waals surface area contributed by atoms with Crippen LogP contribution in [0.25, 0.3) is 0 Å². The van der Waals surface area contributed by atoms with Crippen molar-refractivity contribution in [3.8, 4) is 11.5 Å². The van der Waals surface area contributed by atoms with Gasteiger partial charge >= 0.3 is 5.97 Å². The highest BCUT2D eigenvalue weighted by molar-refractivity contribution is 7.92. The molecule has 1 heterocycles. The normalized spacial score (nSPS) is 16.6. The van der Waals surface area contributed by atoms with Gasteiger partial charge in [0, 0.05) is 6.42 Å². The molecule has 1 atom stereocenters. The molecular formula is C25H33NO6S. The maximum Gasteiger partial charge on any atom is 0.309 e. The Morgan fingerprint density at radius 3 is 2.33 bits per heavy atom. The number of carboxylic acids is 1. The second-order valence-electron chi connectivity index (χ2n) is 8.45. The molecular weight excluding hydrogens is 442 g/mol. The first-order valence-electron chi connectivity index (χ1n) is 11.5. The number of carbonyl (C=O) groups is 1. The Bertz CT molecular complexity index is 985. The van der Waals surface area contributed by atoms with E-state index in [4.69, 9.17) is 9.47 Å². The number of sulfone groups is 1. The lowest BCUT2D eigenvalue weighted by atomic mass is 9.75. The standard InChI is InChI=1S/C25H33NO6S/c1-2-3-19-31-20-9-11-22(12-10-20)33(29,30)23(32-21-7-5-4-6-8-21)13-14-25(24(27)28)15-17-26-18-16-25/h4-12,23,26H,2-3,13-19H2,1H3,(H,27,28). The molecule has 0 amide bonds. The number of hydrogen-bond donors (Lipinski definition) is 2. The number of benzene rings is 2. The highest BCUT2D eigenvalue weighted by Gasteiger charge is 2.41. The SMILES string of the molecule is CCCCOc1ccc(S(=O)(=O)C(CCC2(C(=O)O)CCNCC2)Oc2ccccc2)cc1. The van der Waals surface area contributed by atoms with Gasteiger partial charge in [0.25, 0.3) is 0 Å². The number of piperidine rings is 1. The fourth-order valence-electron chi connectivity index (χ4n) is 4.01. The third-order valence-electron chi connectivity index (χ3n) is 6.15. The lowest BCUT2D eigenvalue weighted by molar-refractivity contribution is -0.151. The van der Waals surface area contributed by atoms with Crippen LogP contribution in [0.3, 0.4) is 0 Å². The van der Waals surface area contributed by atoms with E-state index in [1.54, 1.807) is 36.4 Å². The van der Waals surface area contributed by atoms with Gasteiger partial charge < -0.3 is 19.9 Å². The molecule has 2 N–H and O–H groups in total. The average Bonchev–Trinajstić information content (AvgIpc) is 2.83. The molecule has 2 aromatic carbocycles. The van der Waals surface area contributed by atoms with Crippen LogP contribution in [0.5, 0.6) is 11.5 Å². The van der Waals surface area contributed by atoms with Crippen LogP contribution in [-0.2, 0) is 14.6 Å². The van der Waals surface area contributed by atoms with Crippen molar-refractivity contribution in [2.45, 2.75) is 55.8 Å². The Kier molecular flexibility index (Phi) is 8.74. The second-order valence-corrected chi connectivity index (χ2v) is 10.5. The van der Waals surface area contributed by atoms with Gasteiger partial charge in [-0.25, -0.2) is 8.42 Å². The molecule has 0 radical (unpaired) electrons. The number of carboxylic acid groups (broad SMARTS) is 1. The van der Waals surface area contributed by atoms with Crippen LogP contribution < -0.4 is 14.8 Å². The summed E-state index contributed by atoms with van der Waals surface area (Å²) in [6.45, 7) is 3.85. The van der Waals surface area contributed by atoms with Crippen molar-refractivity contribution in [2.75, 3.05) is 19.7 Å². The number of para-hydroxylation sites is 1. The van der Waals surface area contributed by atoms with E-state index in [2.05, 4.69) is 12.2 Å². The molecule has 8 heteroatoms. The first-order valence-corrected chi connectivity index (χ1v) is 13.0. The van der Waals surface area contributed by atoms with E-state index < -0.39 is 26.7 Å². The van der Waals surface area contributed by atoms with Gasteiger partial charge in [-0.3, -0.25) is 4.79 Å². The lowest BCUT2D eigenvalue weighted by Gasteiger charge is -2.34. The average molecular weight is 476 g/mol. The van der Waals surface area contributed by atoms with E-state index in [-0.39, 0.29) is 17.7 Å². The van der Waals surface area contributed by atoms with Gasteiger partial charge in [-0.15, -0.1) is 0 Å². The Hall–Kier alpha value is -2.58. The van der Waals surface area contributed by atoms with Crippen molar-refractivity contribution in [1.29, 1.82) is 0 Å². The maximum atomic E-state index is 13.5. The molecule has 0 aliphatic carbocycles. The predicted octanol–water partition coefficient (Wildman–Crippen LogP) is 4.28. The highest BCUT2D eigenvalue weighted by atomic mass is 32.2. The van der Waals surface area contributed by atoms with Gasteiger partial charge in [-0.1, -0.05) is 31.5 Å². The summed E-state index contributed by atoms with van der Waals surface area (Å²) in [5.74, 6) is 0.163. The summed E-state index contributed by atoms with van der Waals surface area (Å²) in [5, 5.41) is 13.1. The van der Waals surface area contributed by atoms with Crippen LogP contribution in [-0.4, -0.2) is 44.6 Å². The van der Waals surface area contributed by atoms with E-state index in [1.807, 2.05) is 6.07 Å². The van der Waals surface area contributed by atoms with Gasteiger partial charge in [0.15, 0.2) is 0 Å². The Morgan fingerprint density at radius 1 is 1.06 bits per heavy atom. The van der Waals surface area contributed by atoms with E-state index in [9.17, 15) is 18.3 Å². The molecule has 1 fully saturated rings. The summed E-state index contributed by atoms with van der Waals surface area (Å²) < 4.78 is 38.6. The molecule has 2 aromatic rings. The zero-order chi connectivity index (χ0) is 23.7. The fraction of sp³-hybridized carbons (Fsp3) is 0.480. The topological polar surface area (TPSA) is 102 Å². The lowest BCUT2D eigenvalue weighted by Crippen LogP contribution is -2.43. The quantitative estimate of drug-likeness (QED) is 0.442. The molecule has 0 aromatic heterocycles. The third-order valence-corrected chi connectivity index (χ3v) is 8.10. The van der Waals surface area contributed by atoms with E-state index in [0.29, 0.717) is 44.0 Å². The van der Waals surface area contributed by atoms with Crippen molar-refractivity contribution in [2.24, 2.45) is 5.41 Å². The maximum absolute atomic E-state index is 13.5. The van der Waals surface area contributed by atoms with Crippen molar-refractivity contribution in [3.05, 3.63) is 54.6 Å². The minimum Gasteiger partial charge on any atom is -0.494 e. The summed E-state index contributed by atoms with van der Waals surface area (Å²) in [6, 6.07) is 15.1. The van der Waals surface area contributed by atoms with Crippen LogP contribution in [0.2, 0.25) is 0 Å². The molecule has 1 aliphatic rings. The molecule has 1 aliphatic heterocycles. The molecule has 1 saturated heterocycles. The molecule has 180 valence electrons. The van der Waals surface area contributed by atoms with Crippen molar-refractivity contribution < 1.29 is 27.8 Å². The van der Waals surface area contributed by atoms with Crippen LogP contribution in [0.15, 0.2) is 59.5 Å². The predicted molar refractivity (Wildman–Crippen MR) is 126 cm³/mol. The van der Waals surface area contributed by atoms with E-state index >= 15 is 0 Å². The van der Waals surface area contributed by atoms with Gasteiger partial charge in [0.2, 0.25) is 15.3 Å². The zero-order valence-corrected chi connectivity index (χ0v) is 19.9. The van der Waals surface area contributed by atoms with Crippen molar-refractivity contribution >= 4 is 15.8 Å².